The number of fused-ring (bicyclic) bond motifs is 4. The van der Waals surface area contributed by atoms with Crippen LogP contribution in [0.25, 0.3) is 76.2 Å². The molecular weight excluding hydrogens is 743 g/mol. The van der Waals surface area contributed by atoms with Gasteiger partial charge in [-0.05, 0) is 75.8 Å². The second-order valence-electron chi connectivity index (χ2n) is 14.7. The normalized spacial score (nSPS) is 12.2. The van der Waals surface area contributed by atoms with Gasteiger partial charge >= 0.3 is 0 Å². The van der Waals surface area contributed by atoms with Crippen molar-refractivity contribution in [2.24, 2.45) is 0 Å². The summed E-state index contributed by atoms with van der Waals surface area (Å²) in [6.07, 6.45) is 0. The van der Waals surface area contributed by atoms with E-state index in [4.69, 9.17) is 13.9 Å². The summed E-state index contributed by atoms with van der Waals surface area (Å²) in [5.74, 6) is 1.65. The van der Waals surface area contributed by atoms with E-state index in [9.17, 15) is 0 Å². The standard InChI is InChI=1S/C54H37NO3S/c1-4-13-36(14-5-1)41-27-32-48(47(35-41)37-15-6-2-7-16-37)55(42-28-23-38(24-29-42)44-20-12-21-46-45-19-10-11-22-49(45)58-50(44)46)43-30-25-40(26-31-43)54-52-51(56-33-34-57-52)53(59-54)39-17-8-3-9-18-39/h1-32,35H,33-34H2. The molecule has 1 aliphatic rings. The lowest BCUT2D eigenvalue weighted by Gasteiger charge is -2.29. The van der Waals surface area contributed by atoms with Gasteiger partial charge in [-0.15, -0.1) is 11.3 Å². The van der Waals surface area contributed by atoms with Crippen LogP contribution in [0.5, 0.6) is 11.5 Å². The number of nitrogens with zero attached hydrogens (tertiary/aromatic N) is 1. The van der Waals surface area contributed by atoms with Gasteiger partial charge < -0.3 is 18.8 Å². The average Bonchev–Trinajstić information content (AvgIpc) is 3.90. The molecule has 0 radical (unpaired) electrons. The molecule has 3 heterocycles. The summed E-state index contributed by atoms with van der Waals surface area (Å²) < 4.78 is 19.0. The third kappa shape index (κ3) is 6.33. The Bertz CT molecular complexity index is 3080. The zero-order valence-electron chi connectivity index (χ0n) is 32.0. The van der Waals surface area contributed by atoms with E-state index in [0.717, 1.165) is 99.2 Å². The molecule has 0 atom stereocenters. The SMILES string of the molecule is c1ccc(-c2ccc(N(c3ccc(-c4sc(-c5ccccc5)c5c4OCCO5)cc3)c3ccc(-c4cccc5c4oc4ccccc45)cc3)c(-c3ccccc3)c2)cc1. The number of furan rings is 1. The molecule has 0 unspecified atom stereocenters. The minimum atomic E-state index is 0.527. The molecule has 8 aromatic carbocycles. The minimum Gasteiger partial charge on any atom is -0.485 e. The van der Waals surface area contributed by atoms with Gasteiger partial charge in [-0.1, -0.05) is 158 Å². The van der Waals surface area contributed by atoms with Crippen LogP contribution in [0.3, 0.4) is 0 Å². The highest BCUT2D eigenvalue weighted by Gasteiger charge is 2.27. The second kappa shape index (κ2) is 14.9. The van der Waals surface area contributed by atoms with Crippen molar-refractivity contribution < 1.29 is 13.9 Å². The number of ether oxygens (including phenoxy) is 2. The summed E-state index contributed by atoms with van der Waals surface area (Å²) in [5.41, 5.74) is 13.9. The predicted octanol–water partition coefficient (Wildman–Crippen LogP) is 15.2. The van der Waals surface area contributed by atoms with Crippen LogP contribution in [0.4, 0.5) is 17.1 Å². The number of thiophene rings is 1. The molecule has 0 aliphatic carbocycles. The average molecular weight is 780 g/mol. The van der Waals surface area contributed by atoms with E-state index in [1.165, 1.54) is 5.56 Å². The van der Waals surface area contributed by atoms with E-state index >= 15 is 0 Å². The number of para-hydroxylation sites is 2. The maximum atomic E-state index is 6.45. The van der Waals surface area contributed by atoms with Gasteiger partial charge in [0.15, 0.2) is 11.5 Å². The Morgan fingerprint density at radius 1 is 0.390 bits per heavy atom. The monoisotopic (exact) mass is 779 g/mol. The number of rotatable bonds is 8. The maximum absolute atomic E-state index is 6.45. The van der Waals surface area contributed by atoms with Gasteiger partial charge in [0.2, 0.25) is 0 Å². The largest absolute Gasteiger partial charge is 0.485 e. The van der Waals surface area contributed by atoms with Gasteiger partial charge in [0, 0.05) is 33.3 Å². The minimum absolute atomic E-state index is 0.527. The van der Waals surface area contributed by atoms with Crippen LogP contribution in [0.15, 0.2) is 205 Å². The van der Waals surface area contributed by atoms with Crippen molar-refractivity contribution in [1.29, 1.82) is 0 Å². The van der Waals surface area contributed by atoms with E-state index in [2.05, 4.69) is 187 Å². The number of benzene rings is 8. The summed E-state index contributed by atoms with van der Waals surface area (Å²) in [6.45, 7) is 1.06. The van der Waals surface area contributed by atoms with Crippen molar-refractivity contribution in [1.82, 2.24) is 0 Å². The number of anilines is 3. The number of hydrogen-bond acceptors (Lipinski definition) is 5. The predicted molar refractivity (Wildman–Crippen MR) is 244 cm³/mol. The number of hydrogen-bond donors (Lipinski definition) is 0. The van der Waals surface area contributed by atoms with Crippen molar-refractivity contribution in [2.75, 3.05) is 18.1 Å². The van der Waals surface area contributed by atoms with Crippen molar-refractivity contribution >= 4 is 50.3 Å². The molecule has 59 heavy (non-hydrogen) atoms. The summed E-state index contributed by atoms with van der Waals surface area (Å²) in [4.78, 5) is 4.52. The van der Waals surface area contributed by atoms with Crippen LogP contribution < -0.4 is 14.4 Å². The molecule has 2 aromatic heterocycles. The smallest absolute Gasteiger partial charge is 0.180 e. The summed E-state index contributed by atoms with van der Waals surface area (Å²) in [5, 5.41) is 2.25. The fourth-order valence-electron chi connectivity index (χ4n) is 8.26. The zero-order valence-corrected chi connectivity index (χ0v) is 32.9. The van der Waals surface area contributed by atoms with E-state index in [1.54, 1.807) is 11.3 Å². The van der Waals surface area contributed by atoms with Crippen molar-refractivity contribution in [2.45, 2.75) is 0 Å². The highest BCUT2D eigenvalue weighted by atomic mass is 32.1. The Morgan fingerprint density at radius 3 is 1.56 bits per heavy atom. The van der Waals surface area contributed by atoms with Crippen LogP contribution in [0.2, 0.25) is 0 Å². The van der Waals surface area contributed by atoms with Crippen molar-refractivity contribution in [3.8, 4) is 65.8 Å². The first kappa shape index (κ1) is 34.9. The fourth-order valence-corrected chi connectivity index (χ4v) is 9.46. The molecule has 0 spiro atoms. The molecule has 4 nitrogen and oxygen atoms in total. The Hall–Kier alpha value is -7.34. The van der Waals surface area contributed by atoms with E-state index < -0.39 is 0 Å². The molecule has 11 rings (SSSR count). The van der Waals surface area contributed by atoms with E-state index in [1.807, 2.05) is 18.2 Å². The Balaban J connectivity index is 1.05. The molecule has 0 amide bonds. The van der Waals surface area contributed by atoms with Gasteiger partial charge in [-0.3, -0.25) is 0 Å². The first-order chi connectivity index (χ1) is 29.3. The van der Waals surface area contributed by atoms with Crippen LogP contribution in [-0.4, -0.2) is 13.2 Å². The van der Waals surface area contributed by atoms with E-state index in [-0.39, 0.29) is 0 Å². The lowest BCUT2D eigenvalue weighted by Crippen LogP contribution is -2.14. The zero-order chi connectivity index (χ0) is 39.1. The van der Waals surface area contributed by atoms with Gasteiger partial charge in [0.05, 0.1) is 15.4 Å². The molecule has 0 saturated carbocycles. The molecule has 10 aromatic rings. The maximum Gasteiger partial charge on any atom is 0.180 e. The van der Waals surface area contributed by atoms with E-state index in [0.29, 0.717) is 13.2 Å². The summed E-state index contributed by atoms with van der Waals surface area (Å²) in [7, 11) is 0. The Labute approximate surface area is 346 Å². The summed E-state index contributed by atoms with van der Waals surface area (Å²) in [6, 6.07) is 70.9. The van der Waals surface area contributed by atoms with Crippen LogP contribution in [-0.2, 0) is 0 Å². The third-order valence-corrected chi connectivity index (χ3v) is 12.3. The van der Waals surface area contributed by atoms with Crippen LogP contribution >= 0.6 is 11.3 Å². The molecular formula is C54H37NO3S. The van der Waals surface area contributed by atoms with Crippen LogP contribution in [0.1, 0.15) is 0 Å². The topological polar surface area (TPSA) is 34.8 Å². The highest BCUT2D eigenvalue weighted by Crippen LogP contribution is 2.54. The highest BCUT2D eigenvalue weighted by molar-refractivity contribution is 7.19. The first-order valence-electron chi connectivity index (χ1n) is 19.9. The van der Waals surface area contributed by atoms with Gasteiger partial charge in [0.25, 0.3) is 0 Å². The second-order valence-corrected chi connectivity index (χ2v) is 15.7. The van der Waals surface area contributed by atoms with Crippen LogP contribution in [0, 0.1) is 0 Å². The quantitative estimate of drug-likeness (QED) is 0.154. The molecule has 5 heteroatoms. The lowest BCUT2D eigenvalue weighted by molar-refractivity contribution is 0.175. The first-order valence-corrected chi connectivity index (χ1v) is 20.7. The molecule has 0 bridgehead atoms. The van der Waals surface area contributed by atoms with Crippen molar-refractivity contribution in [3.63, 3.8) is 0 Å². The Kier molecular flexibility index (Phi) is 8.79. The van der Waals surface area contributed by atoms with Gasteiger partial charge in [0.1, 0.15) is 24.4 Å². The molecule has 282 valence electrons. The summed E-state index contributed by atoms with van der Waals surface area (Å²) >= 11 is 1.72. The Morgan fingerprint density at radius 2 is 0.898 bits per heavy atom. The molecule has 0 fully saturated rings. The van der Waals surface area contributed by atoms with Gasteiger partial charge in [-0.25, -0.2) is 0 Å². The van der Waals surface area contributed by atoms with Crippen molar-refractivity contribution in [3.05, 3.63) is 200 Å². The lowest BCUT2D eigenvalue weighted by atomic mass is 9.96. The fraction of sp³-hybridized carbons (Fsp3) is 0.0370. The van der Waals surface area contributed by atoms with Gasteiger partial charge in [-0.2, -0.15) is 0 Å². The third-order valence-electron chi connectivity index (χ3n) is 11.1. The molecule has 0 saturated heterocycles. The molecule has 1 aliphatic heterocycles. The molecule has 0 N–H and O–H groups in total.